The topological polar surface area (TPSA) is 102 Å². The molecule has 38 heavy (non-hydrogen) atoms. The van der Waals surface area contributed by atoms with Gasteiger partial charge in [-0.3, -0.25) is 9.59 Å². The van der Waals surface area contributed by atoms with E-state index in [0.717, 1.165) is 29.8 Å². The van der Waals surface area contributed by atoms with E-state index in [-0.39, 0.29) is 23.1 Å². The lowest BCUT2D eigenvalue weighted by atomic mass is 9.85. The monoisotopic (exact) mass is 554 g/mol. The molecule has 1 aliphatic carbocycles. The van der Waals surface area contributed by atoms with Crippen LogP contribution in [0.3, 0.4) is 0 Å². The zero-order chi connectivity index (χ0) is 28.1. The SMILES string of the molecule is CC(C)(C)OC(=O)CC(NC(=O)[C@H]1CC[C@H](NS(=O)(=O)c2ccc(C(F)(F)F)cc2)CC1)c1ccccc1. The smallest absolute Gasteiger partial charge is 0.416 e. The van der Waals surface area contributed by atoms with Crippen LogP contribution in [0.1, 0.15) is 70.0 Å². The number of carbonyl (C=O) groups excluding carboxylic acids is 2. The van der Waals surface area contributed by atoms with Crippen molar-refractivity contribution in [2.24, 2.45) is 5.92 Å². The van der Waals surface area contributed by atoms with Crippen molar-refractivity contribution in [1.82, 2.24) is 10.0 Å². The van der Waals surface area contributed by atoms with Crippen LogP contribution in [-0.4, -0.2) is 31.9 Å². The maximum atomic E-state index is 13.1. The summed E-state index contributed by atoms with van der Waals surface area (Å²) in [6.45, 7) is 5.31. The van der Waals surface area contributed by atoms with Gasteiger partial charge in [-0.15, -0.1) is 0 Å². The van der Waals surface area contributed by atoms with Gasteiger partial charge in [0.2, 0.25) is 15.9 Å². The highest BCUT2D eigenvalue weighted by molar-refractivity contribution is 7.89. The first kappa shape index (κ1) is 29.6. The number of amides is 1. The molecule has 2 aromatic carbocycles. The average molecular weight is 555 g/mol. The Bertz CT molecular complexity index is 1200. The molecule has 0 radical (unpaired) electrons. The van der Waals surface area contributed by atoms with Gasteiger partial charge in [-0.1, -0.05) is 30.3 Å². The van der Waals surface area contributed by atoms with Gasteiger partial charge in [-0.05, 0) is 76.3 Å². The van der Waals surface area contributed by atoms with Crippen LogP contribution >= 0.6 is 0 Å². The summed E-state index contributed by atoms with van der Waals surface area (Å²) >= 11 is 0. The molecule has 1 amide bonds. The van der Waals surface area contributed by atoms with Crippen LogP contribution in [0.15, 0.2) is 59.5 Å². The number of hydrogen-bond donors (Lipinski definition) is 2. The van der Waals surface area contributed by atoms with E-state index >= 15 is 0 Å². The predicted octanol–water partition coefficient (Wildman–Crippen LogP) is 5.13. The van der Waals surface area contributed by atoms with Crippen LogP contribution < -0.4 is 10.0 Å². The maximum Gasteiger partial charge on any atom is 0.416 e. The predicted molar refractivity (Wildman–Crippen MR) is 135 cm³/mol. The van der Waals surface area contributed by atoms with Crippen molar-refractivity contribution in [2.75, 3.05) is 0 Å². The number of esters is 1. The highest BCUT2D eigenvalue weighted by Crippen LogP contribution is 2.31. The van der Waals surface area contributed by atoms with Crippen LogP contribution in [-0.2, 0) is 30.5 Å². The third-order valence-electron chi connectivity index (χ3n) is 6.22. The molecule has 2 N–H and O–H groups in total. The Labute approximate surface area is 221 Å². The highest BCUT2D eigenvalue weighted by Gasteiger charge is 2.33. The first-order valence-corrected chi connectivity index (χ1v) is 13.9. The molecule has 0 bridgehead atoms. The molecule has 1 fully saturated rings. The molecule has 1 saturated carbocycles. The molecular weight excluding hydrogens is 521 g/mol. The van der Waals surface area contributed by atoms with E-state index in [1.54, 1.807) is 20.8 Å². The van der Waals surface area contributed by atoms with Crippen molar-refractivity contribution < 1.29 is 35.9 Å². The summed E-state index contributed by atoms with van der Waals surface area (Å²) in [6, 6.07) is 11.4. The van der Waals surface area contributed by atoms with Crippen molar-refractivity contribution >= 4 is 21.9 Å². The minimum absolute atomic E-state index is 0.0324. The van der Waals surface area contributed by atoms with E-state index in [4.69, 9.17) is 4.74 Å². The van der Waals surface area contributed by atoms with Crippen molar-refractivity contribution in [1.29, 1.82) is 0 Å². The van der Waals surface area contributed by atoms with Crippen molar-refractivity contribution in [3.63, 3.8) is 0 Å². The molecule has 0 heterocycles. The molecule has 2 aromatic rings. The Hall–Kier alpha value is -2.92. The Morgan fingerprint density at radius 3 is 2.05 bits per heavy atom. The lowest BCUT2D eigenvalue weighted by Crippen LogP contribution is -2.42. The molecule has 3 rings (SSSR count). The third kappa shape index (κ3) is 8.56. The number of carbonyl (C=O) groups is 2. The van der Waals surface area contributed by atoms with Gasteiger partial charge in [-0.2, -0.15) is 13.2 Å². The number of alkyl halides is 3. The van der Waals surface area contributed by atoms with E-state index in [0.29, 0.717) is 25.7 Å². The van der Waals surface area contributed by atoms with Crippen LogP contribution in [0, 0.1) is 5.92 Å². The number of nitrogens with one attached hydrogen (secondary N) is 2. The number of ether oxygens (including phenoxy) is 1. The van der Waals surface area contributed by atoms with Gasteiger partial charge in [0, 0.05) is 12.0 Å². The Morgan fingerprint density at radius 1 is 0.947 bits per heavy atom. The molecule has 1 unspecified atom stereocenters. The fraction of sp³-hybridized carbons (Fsp3) is 0.481. The lowest BCUT2D eigenvalue weighted by Gasteiger charge is -2.30. The highest BCUT2D eigenvalue weighted by atomic mass is 32.2. The Kier molecular flexibility index (Phi) is 9.25. The molecule has 0 aliphatic heterocycles. The second-order valence-corrected chi connectivity index (χ2v) is 12.2. The summed E-state index contributed by atoms with van der Waals surface area (Å²) in [4.78, 5) is 25.3. The summed E-state index contributed by atoms with van der Waals surface area (Å²) < 4.78 is 71.6. The molecule has 208 valence electrons. The van der Waals surface area contributed by atoms with Gasteiger partial charge in [0.1, 0.15) is 5.60 Å². The molecule has 1 atom stereocenters. The minimum atomic E-state index is -4.55. The van der Waals surface area contributed by atoms with Crippen LogP contribution in [0.5, 0.6) is 0 Å². The normalized spacial score (nSPS) is 19.4. The molecule has 0 spiro atoms. The van der Waals surface area contributed by atoms with Crippen LogP contribution in [0.25, 0.3) is 0 Å². The fourth-order valence-electron chi connectivity index (χ4n) is 4.36. The molecule has 11 heteroatoms. The van der Waals surface area contributed by atoms with E-state index < -0.39 is 45.4 Å². The number of benzene rings is 2. The van der Waals surface area contributed by atoms with E-state index in [2.05, 4.69) is 10.0 Å². The molecular formula is C27H33F3N2O5S. The van der Waals surface area contributed by atoms with Gasteiger partial charge in [-0.25, -0.2) is 13.1 Å². The first-order chi connectivity index (χ1) is 17.6. The number of rotatable bonds is 8. The summed E-state index contributed by atoms with van der Waals surface area (Å²) in [5.41, 5.74) is -0.817. The van der Waals surface area contributed by atoms with E-state index in [1.807, 2.05) is 30.3 Å². The maximum absolute atomic E-state index is 13.1. The zero-order valence-electron chi connectivity index (χ0n) is 21.5. The van der Waals surface area contributed by atoms with Crippen molar-refractivity contribution in [3.05, 3.63) is 65.7 Å². The fourth-order valence-corrected chi connectivity index (χ4v) is 5.67. The molecule has 0 aromatic heterocycles. The summed E-state index contributed by atoms with van der Waals surface area (Å²) in [5.74, 6) is -1.04. The number of hydrogen-bond acceptors (Lipinski definition) is 5. The van der Waals surface area contributed by atoms with Crippen LogP contribution in [0.4, 0.5) is 13.2 Å². The average Bonchev–Trinajstić information content (AvgIpc) is 2.83. The first-order valence-electron chi connectivity index (χ1n) is 12.4. The molecule has 0 saturated heterocycles. The third-order valence-corrected chi connectivity index (χ3v) is 7.76. The molecule has 7 nitrogen and oxygen atoms in total. The number of sulfonamides is 1. The number of halogens is 3. The zero-order valence-corrected chi connectivity index (χ0v) is 22.4. The second kappa shape index (κ2) is 11.9. The van der Waals surface area contributed by atoms with E-state index in [9.17, 15) is 31.2 Å². The molecule has 1 aliphatic rings. The quantitative estimate of drug-likeness (QED) is 0.441. The second-order valence-electron chi connectivity index (χ2n) is 10.5. The van der Waals surface area contributed by atoms with Gasteiger partial charge in [0.15, 0.2) is 0 Å². The van der Waals surface area contributed by atoms with Gasteiger partial charge in [0.05, 0.1) is 22.9 Å². The van der Waals surface area contributed by atoms with Crippen LogP contribution in [0.2, 0.25) is 0 Å². The summed E-state index contributed by atoms with van der Waals surface area (Å²) in [6.07, 6.45) is -2.98. The Morgan fingerprint density at radius 2 is 1.53 bits per heavy atom. The largest absolute Gasteiger partial charge is 0.460 e. The minimum Gasteiger partial charge on any atom is -0.460 e. The van der Waals surface area contributed by atoms with E-state index in [1.165, 1.54) is 0 Å². The summed E-state index contributed by atoms with van der Waals surface area (Å²) in [7, 11) is -4.01. The standard InChI is InChI=1S/C27H33F3N2O5S/c1-26(2,3)37-24(33)17-23(18-7-5-4-6-8-18)31-25(34)19-9-13-21(14-10-19)32-38(35,36)22-15-11-20(12-16-22)27(28,29)30/h4-8,11-12,15-16,19,21,23,32H,9-10,13-14,17H2,1-3H3,(H,31,34)/t19-,21-,23?. The summed E-state index contributed by atoms with van der Waals surface area (Å²) in [5, 5.41) is 2.96. The van der Waals surface area contributed by atoms with Crippen molar-refractivity contribution in [3.8, 4) is 0 Å². The van der Waals surface area contributed by atoms with Gasteiger partial charge < -0.3 is 10.1 Å². The Balaban J connectivity index is 1.58. The van der Waals surface area contributed by atoms with Crippen molar-refractivity contribution in [2.45, 2.75) is 81.6 Å². The van der Waals surface area contributed by atoms with Gasteiger partial charge in [0.25, 0.3) is 0 Å². The lowest BCUT2D eigenvalue weighted by molar-refractivity contribution is -0.155. The van der Waals surface area contributed by atoms with Gasteiger partial charge >= 0.3 is 12.1 Å².